The van der Waals surface area contributed by atoms with Crippen LogP contribution in [0.2, 0.25) is 5.02 Å². The van der Waals surface area contributed by atoms with Crippen LogP contribution in [0.1, 0.15) is 19.4 Å². The molecule has 84 valence electrons. The second-order valence-electron chi connectivity index (χ2n) is 4.12. The zero-order chi connectivity index (χ0) is 11.6. The fourth-order valence-electron chi connectivity index (χ4n) is 1.14. The van der Waals surface area contributed by atoms with Crippen LogP contribution in [0.5, 0.6) is 0 Å². The molecule has 2 N–H and O–H groups in total. The summed E-state index contributed by atoms with van der Waals surface area (Å²) in [6, 6.07) is 4.23. The number of aliphatic hydroxyl groups is 2. The van der Waals surface area contributed by atoms with Gasteiger partial charge in [-0.25, -0.2) is 4.39 Å². The van der Waals surface area contributed by atoms with Gasteiger partial charge in [-0.3, -0.25) is 0 Å². The molecule has 15 heavy (non-hydrogen) atoms. The molecule has 0 spiro atoms. The fraction of sp³-hybridized carbons (Fsp3) is 0.455. The van der Waals surface area contributed by atoms with E-state index in [4.69, 9.17) is 11.6 Å². The Morgan fingerprint density at radius 3 is 2.53 bits per heavy atom. The lowest BCUT2D eigenvalue weighted by Crippen LogP contribution is -2.37. The van der Waals surface area contributed by atoms with Crippen molar-refractivity contribution < 1.29 is 14.6 Å². The molecule has 1 rings (SSSR count). The second-order valence-corrected chi connectivity index (χ2v) is 4.53. The summed E-state index contributed by atoms with van der Waals surface area (Å²) in [6.45, 7) is 3.03. The van der Waals surface area contributed by atoms with Crippen LogP contribution in [0.15, 0.2) is 18.2 Å². The Labute approximate surface area is 93.3 Å². The largest absolute Gasteiger partial charge is 0.390 e. The lowest BCUT2D eigenvalue weighted by molar-refractivity contribution is -0.0469. The van der Waals surface area contributed by atoms with Gasteiger partial charge in [-0.05, 0) is 31.5 Å². The van der Waals surface area contributed by atoms with Crippen LogP contribution < -0.4 is 0 Å². The fourth-order valence-corrected chi connectivity index (χ4v) is 1.34. The van der Waals surface area contributed by atoms with Gasteiger partial charge in [0, 0.05) is 6.42 Å². The summed E-state index contributed by atoms with van der Waals surface area (Å²) in [5.74, 6) is -0.488. The molecule has 0 fully saturated rings. The minimum atomic E-state index is -1.18. The van der Waals surface area contributed by atoms with E-state index in [-0.39, 0.29) is 11.4 Å². The Balaban J connectivity index is 2.78. The van der Waals surface area contributed by atoms with Crippen LogP contribution in [-0.4, -0.2) is 21.9 Å². The summed E-state index contributed by atoms with van der Waals surface area (Å²) in [4.78, 5) is 0. The topological polar surface area (TPSA) is 40.5 Å². The predicted molar refractivity (Wildman–Crippen MR) is 57.4 cm³/mol. The number of aliphatic hydroxyl groups excluding tert-OH is 1. The zero-order valence-electron chi connectivity index (χ0n) is 8.67. The molecule has 0 aliphatic rings. The van der Waals surface area contributed by atoms with Crippen LogP contribution in [-0.2, 0) is 6.42 Å². The predicted octanol–water partition coefficient (Wildman–Crippen LogP) is 2.15. The molecule has 0 saturated heterocycles. The van der Waals surface area contributed by atoms with Gasteiger partial charge in [0.25, 0.3) is 0 Å². The third-order valence-electron chi connectivity index (χ3n) is 2.23. The molecule has 4 heteroatoms. The highest BCUT2D eigenvalue weighted by Crippen LogP contribution is 2.19. The van der Waals surface area contributed by atoms with Crippen LogP contribution in [0, 0.1) is 5.82 Å². The van der Waals surface area contributed by atoms with Gasteiger partial charge in [0.05, 0.1) is 16.7 Å². The normalized spacial score (nSPS) is 14.0. The summed E-state index contributed by atoms with van der Waals surface area (Å²) in [7, 11) is 0. The minimum absolute atomic E-state index is 0.0236. The van der Waals surface area contributed by atoms with E-state index in [0.29, 0.717) is 5.56 Å². The Hall–Kier alpha value is -0.640. The van der Waals surface area contributed by atoms with Crippen molar-refractivity contribution in [1.82, 2.24) is 0 Å². The van der Waals surface area contributed by atoms with Gasteiger partial charge in [0.2, 0.25) is 0 Å². The van der Waals surface area contributed by atoms with Crippen molar-refractivity contribution in [3.05, 3.63) is 34.6 Å². The van der Waals surface area contributed by atoms with Crippen molar-refractivity contribution in [3.8, 4) is 0 Å². The molecule has 2 nitrogen and oxygen atoms in total. The SMILES string of the molecule is CC(C)(O)C(O)Cc1ccc(F)c(Cl)c1. The first-order valence-corrected chi connectivity index (χ1v) is 5.03. The highest BCUT2D eigenvalue weighted by atomic mass is 35.5. The van der Waals surface area contributed by atoms with Crippen molar-refractivity contribution in [2.45, 2.75) is 32.0 Å². The van der Waals surface area contributed by atoms with Crippen molar-refractivity contribution in [2.24, 2.45) is 0 Å². The van der Waals surface area contributed by atoms with Gasteiger partial charge < -0.3 is 10.2 Å². The van der Waals surface area contributed by atoms with Crippen molar-refractivity contribution >= 4 is 11.6 Å². The highest BCUT2D eigenvalue weighted by molar-refractivity contribution is 6.30. The quantitative estimate of drug-likeness (QED) is 0.839. The van der Waals surface area contributed by atoms with Gasteiger partial charge in [0.1, 0.15) is 5.82 Å². The van der Waals surface area contributed by atoms with E-state index in [1.165, 1.54) is 32.0 Å². The monoisotopic (exact) mass is 232 g/mol. The van der Waals surface area contributed by atoms with E-state index >= 15 is 0 Å². The minimum Gasteiger partial charge on any atom is -0.390 e. The van der Waals surface area contributed by atoms with E-state index in [1.54, 1.807) is 0 Å². The van der Waals surface area contributed by atoms with Crippen molar-refractivity contribution in [1.29, 1.82) is 0 Å². The van der Waals surface area contributed by atoms with E-state index in [0.717, 1.165) is 0 Å². The van der Waals surface area contributed by atoms with E-state index in [1.807, 2.05) is 0 Å². The highest BCUT2D eigenvalue weighted by Gasteiger charge is 2.24. The molecular formula is C11H14ClFO2. The van der Waals surface area contributed by atoms with Gasteiger partial charge in [0.15, 0.2) is 0 Å². The zero-order valence-corrected chi connectivity index (χ0v) is 9.42. The van der Waals surface area contributed by atoms with Gasteiger partial charge in [-0.2, -0.15) is 0 Å². The molecule has 0 aliphatic heterocycles. The average molecular weight is 233 g/mol. The van der Waals surface area contributed by atoms with Crippen molar-refractivity contribution in [2.75, 3.05) is 0 Å². The Morgan fingerprint density at radius 1 is 1.47 bits per heavy atom. The number of rotatable bonds is 3. The molecule has 0 saturated carbocycles. The molecule has 0 bridgehead atoms. The van der Waals surface area contributed by atoms with Gasteiger partial charge in [-0.1, -0.05) is 17.7 Å². The third kappa shape index (κ3) is 3.45. The third-order valence-corrected chi connectivity index (χ3v) is 2.52. The molecule has 0 radical (unpaired) electrons. The van der Waals surface area contributed by atoms with Gasteiger partial charge in [-0.15, -0.1) is 0 Å². The summed E-state index contributed by atoms with van der Waals surface area (Å²) < 4.78 is 12.8. The number of hydrogen-bond donors (Lipinski definition) is 2. The maximum atomic E-state index is 12.8. The maximum absolute atomic E-state index is 12.8. The average Bonchev–Trinajstić information content (AvgIpc) is 2.10. The van der Waals surface area contributed by atoms with E-state index in [9.17, 15) is 14.6 Å². The molecule has 0 amide bonds. The molecule has 0 aromatic heterocycles. The smallest absolute Gasteiger partial charge is 0.141 e. The molecule has 0 aliphatic carbocycles. The maximum Gasteiger partial charge on any atom is 0.141 e. The van der Waals surface area contributed by atoms with Crippen LogP contribution in [0.4, 0.5) is 4.39 Å². The first-order valence-electron chi connectivity index (χ1n) is 4.65. The molecule has 0 heterocycles. The second kappa shape index (κ2) is 4.47. The summed E-state index contributed by atoms with van der Waals surface area (Å²) in [5, 5.41) is 19.2. The summed E-state index contributed by atoms with van der Waals surface area (Å²) in [6.07, 6.45) is -0.664. The van der Waals surface area contributed by atoms with E-state index < -0.39 is 17.5 Å². The Bertz CT molecular complexity index is 347. The first-order chi connectivity index (χ1) is 6.80. The molecule has 1 aromatic rings. The lowest BCUT2D eigenvalue weighted by Gasteiger charge is -2.24. The van der Waals surface area contributed by atoms with Crippen LogP contribution in [0.25, 0.3) is 0 Å². The van der Waals surface area contributed by atoms with Gasteiger partial charge >= 0.3 is 0 Å². The molecular weight excluding hydrogens is 219 g/mol. The van der Waals surface area contributed by atoms with Crippen LogP contribution in [0.3, 0.4) is 0 Å². The van der Waals surface area contributed by atoms with Crippen LogP contribution >= 0.6 is 11.6 Å². The Morgan fingerprint density at radius 2 is 2.07 bits per heavy atom. The first kappa shape index (κ1) is 12.4. The van der Waals surface area contributed by atoms with Crippen molar-refractivity contribution in [3.63, 3.8) is 0 Å². The number of hydrogen-bond acceptors (Lipinski definition) is 2. The molecule has 1 aromatic carbocycles. The number of halogens is 2. The standard InChI is InChI=1S/C11H14ClFO2/c1-11(2,15)10(14)6-7-3-4-9(13)8(12)5-7/h3-5,10,14-15H,6H2,1-2H3. The summed E-state index contributed by atoms with van der Waals surface area (Å²) in [5.41, 5.74) is -0.489. The Kier molecular flexibility index (Phi) is 3.71. The summed E-state index contributed by atoms with van der Waals surface area (Å²) >= 11 is 5.59. The number of benzene rings is 1. The molecule has 1 unspecified atom stereocenters. The molecule has 1 atom stereocenters. The van der Waals surface area contributed by atoms with E-state index in [2.05, 4.69) is 0 Å². The lowest BCUT2D eigenvalue weighted by atomic mass is 9.95.